The quantitative estimate of drug-likeness (QED) is 0.270. The summed E-state index contributed by atoms with van der Waals surface area (Å²) in [5.74, 6) is 0.739. The molecule has 0 aliphatic rings. The summed E-state index contributed by atoms with van der Waals surface area (Å²) in [5.41, 5.74) is 0. The summed E-state index contributed by atoms with van der Waals surface area (Å²) in [5, 5.41) is 0.325. The molecular formula is C13H27IOSi. The van der Waals surface area contributed by atoms with E-state index >= 15 is 0 Å². The highest BCUT2D eigenvalue weighted by Gasteiger charge is 2.36. The van der Waals surface area contributed by atoms with Crippen molar-refractivity contribution in [3.63, 3.8) is 0 Å². The van der Waals surface area contributed by atoms with E-state index in [-0.39, 0.29) is 0 Å². The average molecular weight is 354 g/mol. The number of rotatable bonds is 7. The van der Waals surface area contributed by atoms with Crippen molar-refractivity contribution in [1.82, 2.24) is 0 Å². The second-order valence-corrected chi connectivity index (χ2v) is 11.6. The van der Waals surface area contributed by atoms with Crippen LogP contribution in [0.25, 0.3) is 0 Å². The first kappa shape index (κ1) is 16.6. The summed E-state index contributed by atoms with van der Waals surface area (Å²) >= 11 is 2.46. The van der Waals surface area contributed by atoms with Gasteiger partial charge in [0, 0.05) is 11.0 Å². The van der Waals surface area contributed by atoms with Crippen LogP contribution in [-0.4, -0.2) is 19.4 Å². The van der Waals surface area contributed by atoms with Gasteiger partial charge in [0.2, 0.25) is 0 Å². The average Bonchev–Trinajstić information content (AvgIpc) is 2.14. The minimum absolute atomic E-state index is 0.325. The molecule has 16 heavy (non-hydrogen) atoms. The maximum absolute atomic E-state index is 6.17. The molecule has 0 radical (unpaired) electrons. The van der Waals surface area contributed by atoms with Gasteiger partial charge in [0.25, 0.3) is 0 Å². The molecule has 0 aliphatic carbocycles. The molecular weight excluding hydrogens is 327 g/mol. The summed E-state index contributed by atoms with van der Waals surface area (Å²) < 4.78 is 7.37. The van der Waals surface area contributed by atoms with Gasteiger partial charge in [-0.2, -0.15) is 0 Å². The maximum Gasteiger partial charge on any atom is 0.191 e. The number of halogens is 1. The van der Waals surface area contributed by atoms with Crippen LogP contribution in [0.4, 0.5) is 0 Å². The van der Waals surface area contributed by atoms with Gasteiger partial charge in [-0.15, -0.1) is 6.58 Å². The molecule has 0 aromatic carbocycles. The molecule has 0 aromatic rings. The number of alkyl halides is 1. The minimum atomic E-state index is -1.54. The Labute approximate surface area is 116 Å². The first-order chi connectivity index (χ1) is 7.24. The highest BCUT2D eigenvalue weighted by molar-refractivity contribution is 14.1. The summed E-state index contributed by atoms with van der Waals surface area (Å²) in [6.07, 6.45) is 4.31. The Morgan fingerprint density at radius 3 is 2.31 bits per heavy atom. The molecule has 0 fully saturated rings. The van der Waals surface area contributed by atoms with Gasteiger partial charge >= 0.3 is 0 Å². The van der Waals surface area contributed by atoms with Gasteiger partial charge in [-0.25, -0.2) is 0 Å². The summed E-state index contributed by atoms with van der Waals surface area (Å²) in [6, 6.07) is 0. The standard InChI is InChI=1S/C13H27IOSi/c1-7-8-12(11-14)9-10-15-16(5,6)13(2,3)4/h7,12H,1,8-11H2,2-6H3/t12-/m1/s1. The Bertz CT molecular complexity index is 208. The van der Waals surface area contributed by atoms with Gasteiger partial charge in [0.15, 0.2) is 8.32 Å². The highest BCUT2D eigenvalue weighted by Crippen LogP contribution is 2.36. The smallest absolute Gasteiger partial charge is 0.191 e. The molecule has 1 nitrogen and oxygen atoms in total. The summed E-state index contributed by atoms with van der Waals surface area (Å²) in [4.78, 5) is 0. The lowest BCUT2D eigenvalue weighted by Gasteiger charge is -2.36. The van der Waals surface area contributed by atoms with Crippen LogP contribution in [-0.2, 0) is 4.43 Å². The fourth-order valence-electron chi connectivity index (χ4n) is 1.19. The van der Waals surface area contributed by atoms with E-state index in [1.54, 1.807) is 0 Å². The minimum Gasteiger partial charge on any atom is -0.417 e. The molecule has 0 N–H and O–H groups in total. The second-order valence-electron chi connectivity index (χ2n) is 5.94. The molecule has 0 spiro atoms. The summed E-state index contributed by atoms with van der Waals surface area (Å²) in [7, 11) is -1.54. The molecule has 0 heterocycles. The topological polar surface area (TPSA) is 9.23 Å². The molecule has 96 valence electrons. The molecule has 0 saturated carbocycles. The van der Waals surface area contributed by atoms with E-state index in [0.717, 1.165) is 18.9 Å². The summed E-state index contributed by atoms with van der Waals surface area (Å²) in [6.45, 7) is 16.2. The molecule has 3 heteroatoms. The van der Waals surface area contributed by atoms with Crippen molar-refractivity contribution in [1.29, 1.82) is 0 Å². The van der Waals surface area contributed by atoms with Crippen LogP contribution in [0.15, 0.2) is 12.7 Å². The van der Waals surface area contributed by atoms with Crippen LogP contribution in [0.2, 0.25) is 18.1 Å². The van der Waals surface area contributed by atoms with Crippen LogP contribution >= 0.6 is 22.6 Å². The predicted octanol–water partition coefficient (Wildman–Crippen LogP) is 5.03. The van der Waals surface area contributed by atoms with Gasteiger partial charge in [0.05, 0.1) is 0 Å². The zero-order chi connectivity index (χ0) is 12.8. The third kappa shape index (κ3) is 5.82. The third-order valence-corrected chi connectivity index (χ3v) is 9.30. The normalized spacial score (nSPS) is 14.9. The molecule has 0 aromatic heterocycles. The lowest BCUT2D eigenvalue weighted by Crippen LogP contribution is -2.41. The Morgan fingerprint density at radius 1 is 1.38 bits per heavy atom. The maximum atomic E-state index is 6.17. The lowest BCUT2D eigenvalue weighted by atomic mass is 10.1. The molecule has 0 saturated heterocycles. The van der Waals surface area contributed by atoms with E-state index < -0.39 is 8.32 Å². The van der Waals surface area contributed by atoms with E-state index in [4.69, 9.17) is 4.43 Å². The Kier molecular flexibility index (Phi) is 7.45. The fourth-order valence-corrected chi connectivity index (χ4v) is 3.05. The lowest BCUT2D eigenvalue weighted by molar-refractivity contribution is 0.262. The largest absolute Gasteiger partial charge is 0.417 e. The van der Waals surface area contributed by atoms with E-state index in [1.807, 2.05) is 6.08 Å². The van der Waals surface area contributed by atoms with Crippen LogP contribution in [0.5, 0.6) is 0 Å². The van der Waals surface area contributed by atoms with Gasteiger partial charge in [-0.1, -0.05) is 49.4 Å². The van der Waals surface area contributed by atoms with Gasteiger partial charge in [-0.05, 0) is 36.9 Å². The Hall–Kier alpha value is 0.647. The number of hydrogen-bond acceptors (Lipinski definition) is 1. The Balaban J connectivity index is 4.01. The highest BCUT2D eigenvalue weighted by atomic mass is 127. The third-order valence-electron chi connectivity index (χ3n) is 3.51. The molecule has 0 bridgehead atoms. The molecule has 0 amide bonds. The van der Waals surface area contributed by atoms with Crippen molar-refractivity contribution >= 4 is 30.9 Å². The van der Waals surface area contributed by atoms with Gasteiger partial charge in [0.1, 0.15) is 0 Å². The molecule has 0 aliphatic heterocycles. The number of hydrogen-bond donors (Lipinski definition) is 0. The predicted molar refractivity (Wildman–Crippen MR) is 85.0 cm³/mol. The Morgan fingerprint density at radius 2 is 1.94 bits per heavy atom. The fraction of sp³-hybridized carbons (Fsp3) is 0.846. The van der Waals surface area contributed by atoms with Crippen molar-refractivity contribution in [2.24, 2.45) is 5.92 Å². The van der Waals surface area contributed by atoms with E-state index in [0.29, 0.717) is 5.04 Å². The van der Waals surface area contributed by atoms with Crippen molar-refractivity contribution in [2.45, 2.75) is 51.7 Å². The van der Waals surface area contributed by atoms with Crippen molar-refractivity contribution < 1.29 is 4.43 Å². The zero-order valence-corrected chi connectivity index (χ0v) is 14.6. The SMILES string of the molecule is C=CC[C@@H](CI)CCO[Si](C)(C)C(C)(C)C. The number of allylic oxidation sites excluding steroid dienone is 1. The van der Waals surface area contributed by atoms with E-state index in [1.165, 1.54) is 10.8 Å². The van der Waals surface area contributed by atoms with E-state index in [2.05, 4.69) is 63.0 Å². The molecule has 1 atom stereocenters. The van der Waals surface area contributed by atoms with Crippen LogP contribution in [0, 0.1) is 5.92 Å². The monoisotopic (exact) mass is 354 g/mol. The zero-order valence-electron chi connectivity index (χ0n) is 11.5. The van der Waals surface area contributed by atoms with Crippen molar-refractivity contribution in [3.8, 4) is 0 Å². The van der Waals surface area contributed by atoms with Crippen molar-refractivity contribution in [3.05, 3.63) is 12.7 Å². The molecule has 0 rings (SSSR count). The van der Waals surface area contributed by atoms with Crippen LogP contribution < -0.4 is 0 Å². The van der Waals surface area contributed by atoms with Gasteiger partial charge < -0.3 is 4.43 Å². The van der Waals surface area contributed by atoms with Crippen LogP contribution in [0.1, 0.15) is 33.6 Å². The molecule has 0 unspecified atom stereocenters. The second kappa shape index (κ2) is 7.16. The first-order valence-electron chi connectivity index (χ1n) is 6.05. The van der Waals surface area contributed by atoms with Crippen molar-refractivity contribution in [2.75, 3.05) is 11.0 Å². The first-order valence-corrected chi connectivity index (χ1v) is 10.5. The van der Waals surface area contributed by atoms with Crippen LogP contribution in [0.3, 0.4) is 0 Å². The van der Waals surface area contributed by atoms with E-state index in [9.17, 15) is 0 Å². The van der Waals surface area contributed by atoms with Gasteiger partial charge in [-0.3, -0.25) is 0 Å².